The molecule has 2 atom stereocenters. The molecule has 9 heteroatoms. The molecule has 0 aliphatic heterocycles. The molecule has 0 radical (unpaired) electrons. The van der Waals surface area contributed by atoms with E-state index in [-0.39, 0.29) is 23.8 Å². The number of carboxylic acids is 1. The van der Waals surface area contributed by atoms with Gasteiger partial charge in [0.25, 0.3) is 0 Å². The van der Waals surface area contributed by atoms with E-state index in [2.05, 4.69) is 4.37 Å². The van der Waals surface area contributed by atoms with Gasteiger partial charge in [-0.2, -0.15) is 17.5 Å². The van der Waals surface area contributed by atoms with E-state index in [0.29, 0.717) is 40.7 Å². The van der Waals surface area contributed by atoms with Gasteiger partial charge in [-0.1, -0.05) is 43.7 Å². The second-order valence-electron chi connectivity index (χ2n) is 7.56. The van der Waals surface area contributed by atoms with Crippen LogP contribution in [0.2, 0.25) is 0 Å². The van der Waals surface area contributed by atoms with Crippen LogP contribution in [0.4, 0.5) is 13.2 Å². The molecule has 3 rings (SSSR count). The van der Waals surface area contributed by atoms with E-state index in [1.165, 1.54) is 0 Å². The van der Waals surface area contributed by atoms with Crippen LogP contribution in [-0.2, 0) is 24.0 Å². The highest BCUT2D eigenvalue weighted by Crippen LogP contribution is 2.41. The summed E-state index contributed by atoms with van der Waals surface area (Å²) in [6, 6.07) is 6.68. The third-order valence-corrected chi connectivity index (χ3v) is 6.49. The fraction of sp³-hybridized carbons (Fsp3) is 0.364. The summed E-state index contributed by atoms with van der Waals surface area (Å²) in [4.78, 5) is 10.2. The van der Waals surface area contributed by atoms with Gasteiger partial charge in [0.2, 0.25) is 0 Å². The quantitative estimate of drug-likeness (QED) is 0.497. The fourth-order valence-corrected chi connectivity index (χ4v) is 4.17. The van der Waals surface area contributed by atoms with Gasteiger partial charge in [0.1, 0.15) is 17.2 Å². The highest BCUT2D eigenvalue weighted by atomic mass is 35.5. The van der Waals surface area contributed by atoms with Crippen molar-refractivity contribution >= 4 is 34.7 Å². The maximum atomic E-state index is 13.5. The van der Waals surface area contributed by atoms with Crippen molar-refractivity contribution in [3.63, 3.8) is 0 Å². The monoisotopic (exact) mass is 471 g/mol. The van der Waals surface area contributed by atoms with Gasteiger partial charge in [-0.3, -0.25) is 4.79 Å². The minimum Gasteiger partial charge on any atom is -0.489 e. The number of hydrogen-bond acceptors (Lipinski definition) is 4. The van der Waals surface area contributed by atoms with Crippen LogP contribution < -0.4 is 4.74 Å². The number of allylic oxidation sites excluding steroid dienone is 4. The predicted molar refractivity (Wildman–Crippen MR) is 114 cm³/mol. The summed E-state index contributed by atoms with van der Waals surface area (Å²) in [6.07, 6.45) is -0.271. The van der Waals surface area contributed by atoms with Crippen LogP contribution in [-0.4, -0.2) is 15.4 Å². The highest BCUT2D eigenvalue weighted by molar-refractivity contribution is 7.06. The van der Waals surface area contributed by atoms with E-state index < -0.39 is 22.9 Å². The molecule has 1 aromatic heterocycles. The van der Waals surface area contributed by atoms with Crippen LogP contribution >= 0.6 is 23.1 Å². The summed E-state index contributed by atoms with van der Waals surface area (Å²) in [5, 5.41) is 9.66. The first-order valence-electron chi connectivity index (χ1n) is 9.63. The summed E-state index contributed by atoms with van der Waals surface area (Å²) in [7, 11) is 0. The lowest BCUT2D eigenvalue weighted by Gasteiger charge is -2.18. The Kier molecular flexibility index (Phi) is 7.11. The van der Waals surface area contributed by atoms with Crippen LogP contribution in [0.5, 0.6) is 5.75 Å². The zero-order chi connectivity index (χ0) is 22.8. The Bertz CT molecular complexity index is 1010. The van der Waals surface area contributed by atoms with E-state index in [0.717, 1.165) is 5.56 Å². The number of aromatic nitrogens is 1. The average Bonchev–Trinajstić information content (AvgIpc) is 3.14. The van der Waals surface area contributed by atoms with Gasteiger partial charge in [-0.25, -0.2) is 0 Å². The Morgan fingerprint density at radius 2 is 2.00 bits per heavy atom. The lowest BCUT2D eigenvalue weighted by atomic mass is 9.92. The van der Waals surface area contributed by atoms with Gasteiger partial charge in [0.05, 0.1) is 11.6 Å². The normalized spacial score (nSPS) is 17.7. The molecule has 0 spiro atoms. The standard InChI is InChI=1S/C22H21ClF3NO3S/c1-12-10-15(5-8-18(12)23)19-17(20(31-27-19)22(24,25)26)11-30-16-6-3-14(4-7-16)9-13(2)21(28)29/h3-8,12-13H,9-11H2,1-2H3,(H,28,29). The molecule has 1 N–H and O–H groups in total. The number of ether oxygens (including phenoxy) is 1. The number of alkyl halides is 3. The fourth-order valence-electron chi connectivity index (χ4n) is 3.25. The van der Waals surface area contributed by atoms with E-state index in [1.54, 1.807) is 43.3 Å². The Balaban J connectivity index is 1.81. The van der Waals surface area contributed by atoms with Crippen molar-refractivity contribution in [1.29, 1.82) is 0 Å². The first kappa shape index (κ1) is 23.3. The molecule has 1 aliphatic rings. The summed E-state index contributed by atoms with van der Waals surface area (Å²) in [6.45, 7) is 3.24. The molecule has 0 saturated heterocycles. The number of carboxylic acid groups (broad SMARTS) is 1. The largest absolute Gasteiger partial charge is 0.489 e. The number of rotatable bonds is 7. The number of hydrogen-bond donors (Lipinski definition) is 1. The first-order valence-corrected chi connectivity index (χ1v) is 10.8. The molecule has 1 aliphatic carbocycles. The van der Waals surface area contributed by atoms with Crippen molar-refractivity contribution in [3.05, 3.63) is 63.1 Å². The maximum Gasteiger partial charge on any atom is 0.427 e. The van der Waals surface area contributed by atoms with E-state index in [4.69, 9.17) is 21.4 Å². The molecular formula is C22H21ClF3NO3S. The zero-order valence-corrected chi connectivity index (χ0v) is 18.4. The molecule has 1 heterocycles. The van der Waals surface area contributed by atoms with Crippen molar-refractivity contribution in [2.24, 2.45) is 11.8 Å². The molecule has 166 valence electrons. The summed E-state index contributed by atoms with van der Waals surface area (Å²) in [5.74, 6) is -1.02. The molecule has 0 bridgehead atoms. The van der Waals surface area contributed by atoms with Crippen molar-refractivity contribution in [2.45, 2.75) is 39.5 Å². The molecule has 0 fully saturated rings. The Morgan fingerprint density at radius 1 is 1.32 bits per heavy atom. The third kappa shape index (κ3) is 5.68. The number of nitrogens with zero attached hydrogens (tertiary/aromatic N) is 1. The summed E-state index contributed by atoms with van der Waals surface area (Å²) < 4.78 is 50.4. The van der Waals surface area contributed by atoms with Crippen LogP contribution in [0, 0.1) is 11.8 Å². The van der Waals surface area contributed by atoms with Crippen LogP contribution in [0.25, 0.3) is 5.57 Å². The Morgan fingerprint density at radius 3 is 2.58 bits per heavy atom. The number of aliphatic carboxylic acids is 1. The molecule has 0 saturated carbocycles. The van der Waals surface area contributed by atoms with Gasteiger partial charge in [0.15, 0.2) is 0 Å². The number of halogens is 4. The van der Waals surface area contributed by atoms with Crippen LogP contribution in [0.1, 0.15) is 42.0 Å². The number of carbonyl (C=O) groups is 1. The minimum absolute atomic E-state index is 0.00551. The van der Waals surface area contributed by atoms with E-state index in [1.807, 2.05) is 6.92 Å². The SMILES string of the molecule is CC(Cc1ccc(OCc2c(C3=CC=C(Cl)C(C)C3)nsc2C(F)(F)F)cc1)C(=O)O. The predicted octanol–water partition coefficient (Wildman–Crippen LogP) is 6.55. The lowest BCUT2D eigenvalue weighted by molar-refractivity contribution is -0.141. The van der Waals surface area contributed by atoms with Gasteiger partial charge in [0, 0.05) is 10.6 Å². The van der Waals surface area contributed by atoms with Crippen molar-refractivity contribution in [2.75, 3.05) is 0 Å². The average molecular weight is 472 g/mol. The maximum absolute atomic E-state index is 13.5. The van der Waals surface area contributed by atoms with Crippen molar-refractivity contribution in [3.8, 4) is 5.75 Å². The minimum atomic E-state index is -4.53. The van der Waals surface area contributed by atoms with Gasteiger partial charge in [-0.05, 0) is 59.6 Å². The summed E-state index contributed by atoms with van der Waals surface area (Å²) in [5.41, 5.74) is 1.80. The van der Waals surface area contributed by atoms with Crippen LogP contribution in [0.15, 0.2) is 41.4 Å². The highest BCUT2D eigenvalue weighted by Gasteiger charge is 2.38. The molecule has 2 unspecified atom stereocenters. The Hall–Kier alpha value is -2.32. The second kappa shape index (κ2) is 9.44. The molecule has 2 aromatic rings. The molecule has 1 aromatic carbocycles. The van der Waals surface area contributed by atoms with E-state index >= 15 is 0 Å². The summed E-state index contributed by atoms with van der Waals surface area (Å²) >= 11 is 6.52. The smallest absolute Gasteiger partial charge is 0.427 e. The molecule has 31 heavy (non-hydrogen) atoms. The zero-order valence-electron chi connectivity index (χ0n) is 16.9. The van der Waals surface area contributed by atoms with Gasteiger partial charge >= 0.3 is 12.1 Å². The molecular weight excluding hydrogens is 451 g/mol. The lowest BCUT2D eigenvalue weighted by Crippen LogP contribution is -2.12. The van der Waals surface area contributed by atoms with Gasteiger partial charge in [-0.15, -0.1) is 0 Å². The van der Waals surface area contributed by atoms with Crippen molar-refractivity contribution < 1.29 is 27.8 Å². The Labute approximate surface area is 187 Å². The first-order chi connectivity index (χ1) is 14.6. The van der Waals surface area contributed by atoms with Gasteiger partial charge < -0.3 is 9.84 Å². The van der Waals surface area contributed by atoms with Crippen molar-refractivity contribution in [1.82, 2.24) is 4.37 Å². The topological polar surface area (TPSA) is 59.4 Å². The van der Waals surface area contributed by atoms with E-state index in [9.17, 15) is 18.0 Å². The molecule has 4 nitrogen and oxygen atoms in total. The van der Waals surface area contributed by atoms with Crippen LogP contribution in [0.3, 0.4) is 0 Å². The molecule has 0 amide bonds. The third-order valence-electron chi connectivity index (χ3n) is 5.06. The number of benzene rings is 1. The second-order valence-corrected chi connectivity index (χ2v) is 8.77.